The van der Waals surface area contributed by atoms with Gasteiger partial charge in [-0.25, -0.2) is 0 Å². The third-order valence-corrected chi connectivity index (χ3v) is 3.62. The van der Waals surface area contributed by atoms with Crippen molar-refractivity contribution in [3.05, 3.63) is 65.2 Å². The molecule has 2 nitrogen and oxygen atoms in total. The molecule has 5 heteroatoms. The van der Waals surface area contributed by atoms with Gasteiger partial charge in [-0.3, -0.25) is 4.79 Å². The lowest BCUT2D eigenvalue weighted by molar-refractivity contribution is -0.137. The molecule has 0 fully saturated rings. The molecule has 1 heterocycles. The lowest BCUT2D eigenvalue weighted by Crippen LogP contribution is -2.24. The van der Waals surface area contributed by atoms with Gasteiger partial charge in [-0.15, -0.1) is 0 Å². The van der Waals surface area contributed by atoms with Gasteiger partial charge in [0.25, 0.3) is 0 Å². The number of alkyl halides is 3. The average Bonchev–Trinajstić information content (AvgIpc) is 2.46. The molecule has 1 amide bonds. The summed E-state index contributed by atoms with van der Waals surface area (Å²) in [6, 6.07) is 12.6. The Labute approximate surface area is 119 Å². The molecule has 3 rings (SSSR count). The summed E-state index contributed by atoms with van der Waals surface area (Å²) >= 11 is 0. The molecule has 0 radical (unpaired) electrons. The van der Waals surface area contributed by atoms with Crippen LogP contribution in [0.25, 0.3) is 0 Å². The van der Waals surface area contributed by atoms with Crippen LogP contribution in [-0.4, -0.2) is 5.91 Å². The van der Waals surface area contributed by atoms with Crippen LogP contribution >= 0.6 is 0 Å². The zero-order chi connectivity index (χ0) is 15.0. The van der Waals surface area contributed by atoms with Crippen molar-refractivity contribution in [3.63, 3.8) is 0 Å². The van der Waals surface area contributed by atoms with Crippen LogP contribution in [0.5, 0.6) is 0 Å². The summed E-state index contributed by atoms with van der Waals surface area (Å²) in [5.41, 5.74) is 1.11. The van der Waals surface area contributed by atoms with Gasteiger partial charge in [0.2, 0.25) is 5.91 Å². The number of carbonyl (C=O) groups is 1. The zero-order valence-electron chi connectivity index (χ0n) is 10.9. The fraction of sp³-hybridized carbons (Fsp3) is 0.188. The van der Waals surface area contributed by atoms with E-state index in [2.05, 4.69) is 5.32 Å². The predicted octanol–water partition coefficient (Wildman–Crippen LogP) is 4.18. The first-order valence-corrected chi connectivity index (χ1v) is 6.51. The lowest BCUT2D eigenvalue weighted by Gasteiger charge is -2.27. The fourth-order valence-electron chi connectivity index (χ4n) is 2.62. The van der Waals surface area contributed by atoms with Gasteiger partial charge in [-0.2, -0.15) is 13.2 Å². The Hall–Kier alpha value is -2.30. The van der Waals surface area contributed by atoms with Crippen LogP contribution < -0.4 is 5.32 Å². The Balaban J connectivity index is 2.12. The third kappa shape index (κ3) is 2.63. The molecule has 1 atom stereocenters. The minimum atomic E-state index is -4.39. The van der Waals surface area contributed by atoms with E-state index in [4.69, 9.17) is 0 Å². The van der Waals surface area contributed by atoms with E-state index in [1.807, 2.05) is 30.3 Å². The van der Waals surface area contributed by atoms with Gasteiger partial charge in [0.05, 0.1) is 5.56 Å². The highest BCUT2D eigenvalue weighted by molar-refractivity contribution is 5.95. The predicted molar refractivity (Wildman–Crippen MR) is 73.0 cm³/mol. The van der Waals surface area contributed by atoms with E-state index >= 15 is 0 Å². The number of anilines is 1. The van der Waals surface area contributed by atoms with Crippen molar-refractivity contribution >= 4 is 11.6 Å². The van der Waals surface area contributed by atoms with Crippen molar-refractivity contribution < 1.29 is 18.0 Å². The van der Waals surface area contributed by atoms with Crippen LogP contribution in [0.1, 0.15) is 29.0 Å². The highest BCUT2D eigenvalue weighted by atomic mass is 19.4. The maximum Gasteiger partial charge on any atom is 0.416 e. The Morgan fingerprint density at radius 1 is 1.05 bits per heavy atom. The minimum Gasteiger partial charge on any atom is -0.326 e. The number of halogens is 3. The third-order valence-electron chi connectivity index (χ3n) is 3.62. The molecule has 1 unspecified atom stereocenters. The maximum absolute atomic E-state index is 12.9. The van der Waals surface area contributed by atoms with Crippen LogP contribution in [0.15, 0.2) is 48.5 Å². The SMILES string of the molecule is O=C1CC(c2ccccc2)c2cc(C(F)(F)F)ccc2N1. The number of amides is 1. The molecule has 2 aromatic rings. The van der Waals surface area contributed by atoms with E-state index in [1.165, 1.54) is 6.07 Å². The molecule has 0 saturated heterocycles. The van der Waals surface area contributed by atoms with E-state index in [0.717, 1.165) is 17.7 Å². The normalized spacial score (nSPS) is 18.0. The van der Waals surface area contributed by atoms with Gasteiger partial charge < -0.3 is 5.32 Å². The van der Waals surface area contributed by atoms with Gasteiger partial charge in [0.1, 0.15) is 0 Å². The number of benzene rings is 2. The summed E-state index contributed by atoms with van der Waals surface area (Å²) in [6.45, 7) is 0. The van der Waals surface area contributed by atoms with Crippen LogP contribution in [0.4, 0.5) is 18.9 Å². The first-order chi connectivity index (χ1) is 9.95. The van der Waals surface area contributed by atoms with Gasteiger partial charge in [-0.05, 0) is 29.3 Å². The number of carbonyl (C=O) groups excluding carboxylic acids is 1. The zero-order valence-corrected chi connectivity index (χ0v) is 10.9. The van der Waals surface area contributed by atoms with Crippen molar-refractivity contribution in [1.29, 1.82) is 0 Å². The maximum atomic E-state index is 12.9. The Morgan fingerprint density at radius 2 is 1.76 bits per heavy atom. The molecule has 1 aliphatic heterocycles. The van der Waals surface area contributed by atoms with Crippen molar-refractivity contribution in [2.45, 2.75) is 18.5 Å². The number of fused-ring (bicyclic) bond motifs is 1. The second kappa shape index (κ2) is 4.91. The van der Waals surface area contributed by atoms with Gasteiger partial charge in [0, 0.05) is 18.0 Å². The molecule has 0 bridgehead atoms. The minimum absolute atomic E-state index is 0.151. The Morgan fingerprint density at radius 3 is 2.43 bits per heavy atom. The van der Waals surface area contributed by atoms with Crippen molar-refractivity contribution in [3.8, 4) is 0 Å². The molecule has 1 N–H and O–H groups in total. The molecule has 2 aromatic carbocycles. The van der Waals surface area contributed by atoms with Gasteiger partial charge >= 0.3 is 6.18 Å². The second-order valence-corrected chi connectivity index (χ2v) is 5.02. The van der Waals surface area contributed by atoms with E-state index in [9.17, 15) is 18.0 Å². The number of hydrogen-bond donors (Lipinski definition) is 1. The highest BCUT2D eigenvalue weighted by Gasteiger charge is 2.34. The Bertz CT molecular complexity index is 680. The summed E-state index contributed by atoms with van der Waals surface area (Å²) in [5.74, 6) is -0.534. The molecular weight excluding hydrogens is 279 g/mol. The highest BCUT2D eigenvalue weighted by Crippen LogP contribution is 2.40. The molecule has 21 heavy (non-hydrogen) atoms. The van der Waals surface area contributed by atoms with Crippen LogP contribution in [0.2, 0.25) is 0 Å². The van der Waals surface area contributed by atoms with Crippen LogP contribution in [0, 0.1) is 0 Å². The molecule has 0 spiro atoms. The molecule has 1 aliphatic rings. The number of hydrogen-bond acceptors (Lipinski definition) is 1. The van der Waals surface area contributed by atoms with Crippen molar-refractivity contribution in [2.75, 3.05) is 5.32 Å². The number of nitrogens with one attached hydrogen (secondary N) is 1. The summed E-state index contributed by atoms with van der Waals surface area (Å²) < 4.78 is 38.6. The van der Waals surface area contributed by atoms with E-state index < -0.39 is 11.7 Å². The molecule has 0 saturated carbocycles. The molecule has 0 aliphatic carbocycles. The van der Waals surface area contributed by atoms with Gasteiger partial charge in [0.15, 0.2) is 0 Å². The first-order valence-electron chi connectivity index (χ1n) is 6.51. The quantitative estimate of drug-likeness (QED) is 0.839. The smallest absolute Gasteiger partial charge is 0.326 e. The summed E-state index contributed by atoms with van der Waals surface area (Å²) in [6.07, 6.45) is -4.24. The van der Waals surface area contributed by atoms with Gasteiger partial charge in [-0.1, -0.05) is 30.3 Å². The molecule has 108 valence electrons. The van der Waals surface area contributed by atoms with Crippen molar-refractivity contribution in [2.24, 2.45) is 0 Å². The molecular formula is C16H12F3NO. The fourth-order valence-corrected chi connectivity index (χ4v) is 2.62. The molecule has 0 aromatic heterocycles. The summed E-state index contributed by atoms with van der Waals surface area (Å²) in [4.78, 5) is 11.8. The summed E-state index contributed by atoms with van der Waals surface area (Å²) in [7, 11) is 0. The van der Waals surface area contributed by atoms with E-state index in [0.29, 0.717) is 11.3 Å². The van der Waals surface area contributed by atoms with Crippen molar-refractivity contribution in [1.82, 2.24) is 0 Å². The van der Waals surface area contributed by atoms with Crippen LogP contribution in [0.3, 0.4) is 0 Å². The summed E-state index contributed by atoms with van der Waals surface area (Å²) in [5, 5.41) is 2.63. The average molecular weight is 291 g/mol. The van der Waals surface area contributed by atoms with Crippen LogP contribution in [-0.2, 0) is 11.0 Å². The topological polar surface area (TPSA) is 29.1 Å². The first kappa shape index (κ1) is 13.7. The lowest BCUT2D eigenvalue weighted by atomic mass is 9.84. The monoisotopic (exact) mass is 291 g/mol. The standard InChI is InChI=1S/C16H12F3NO/c17-16(18,19)11-6-7-14-13(8-11)12(9-15(21)20-14)10-4-2-1-3-5-10/h1-8,12H,9H2,(H,20,21). The second-order valence-electron chi connectivity index (χ2n) is 5.02. The van der Waals surface area contributed by atoms with E-state index in [1.54, 1.807) is 0 Å². The Kier molecular flexibility index (Phi) is 3.20. The van der Waals surface area contributed by atoms with E-state index in [-0.39, 0.29) is 18.2 Å². The number of rotatable bonds is 1. The largest absolute Gasteiger partial charge is 0.416 e.